The van der Waals surface area contributed by atoms with E-state index in [2.05, 4.69) is 34.9 Å². The Morgan fingerprint density at radius 2 is 1.79 bits per heavy atom. The topological polar surface area (TPSA) is 50.4 Å². The number of rotatable bonds is 8. The Labute approximate surface area is 143 Å². The number of benzene rings is 2. The third-order valence-corrected chi connectivity index (χ3v) is 4.49. The van der Waals surface area contributed by atoms with Gasteiger partial charge in [-0.25, -0.2) is 0 Å². The van der Waals surface area contributed by atoms with Gasteiger partial charge in [0.05, 0.1) is 18.8 Å². The van der Waals surface area contributed by atoms with Crippen molar-refractivity contribution in [1.29, 1.82) is 0 Å². The van der Waals surface area contributed by atoms with Gasteiger partial charge in [0.25, 0.3) is 0 Å². The van der Waals surface area contributed by atoms with Gasteiger partial charge in [0.15, 0.2) is 0 Å². The molecule has 3 rings (SSSR count). The summed E-state index contributed by atoms with van der Waals surface area (Å²) >= 11 is 0. The number of hydrogen-bond donors (Lipinski definition) is 2. The number of carbonyl (C=O) groups is 1. The molecule has 1 fully saturated rings. The van der Waals surface area contributed by atoms with E-state index in [-0.39, 0.29) is 17.9 Å². The molecule has 0 heterocycles. The zero-order valence-electron chi connectivity index (χ0n) is 14.0. The molecular weight excluding hydrogens is 300 g/mol. The summed E-state index contributed by atoms with van der Waals surface area (Å²) in [6.45, 7) is 3.49. The van der Waals surface area contributed by atoms with E-state index >= 15 is 0 Å². The van der Waals surface area contributed by atoms with E-state index in [0.717, 1.165) is 24.3 Å². The summed E-state index contributed by atoms with van der Waals surface area (Å²) in [5.74, 6) is 0.777. The van der Waals surface area contributed by atoms with Gasteiger partial charge in [-0.3, -0.25) is 4.79 Å². The first-order valence-corrected chi connectivity index (χ1v) is 8.51. The molecule has 0 aromatic heterocycles. The number of carbonyl (C=O) groups excluding carboxylic acids is 1. The van der Waals surface area contributed by atoms with Gasteiger partial charge in [0, 0.05) is 12.0 Å². The maximum atomic E-state index is 12.2. The predicted octanol–water partition coefficient (Wildman–Crippen LogP) is 3.35. The van der Waals surface area contributed by atoms with Gasteiger partial charge in [-0.15, -0.1) is 0 Å². The molecular formula is C20H24N2O2. The highest BCUT2D eigenvalue weighted by atomic mass is 16.5. The Balaban J connectivity index is 1.50. The summed E-state index contributed by atoms with van der Waals surface area (Å²) in [6, 6.07) is 18.1. The van der Waals surface area contributed by atoms with Crippen LogP contribution in [-0.4, -0.2) is 25.6 Å². The maximum absolute atomic E-state index is 12.2. The van der Waals surface area contributed by atoms with Crippen molar-refractivity contribution < 1.29 is 9.53 Å². The molecule has 0 spiro atoms. The van der Waals surface area contributed by atoms with Crippen LogP contribution >= 0.6 is 0 Å². The third-order valence-electron chi connectivity index (χ3n) is 4.49. The summed E-state index contributed by atoms with van der Waals surface area (Å²) in [5, 5.41) is 6.22. The van der Waals surface area contributed by atoms with Crippen molar-refractivity contribution in [2.75, 3.05) is 25.0 Å². The van der Waals surface area contributed by atoms with Gasteiger partial charge < -0.3 is 15.4 Å². The first-order valence-electron chi connectivity index (χ1n) is 8.51. The van der Waals surface area contributed by atoms with Crippen LogP contribution in [0.2, 0.25) is 0 Å². The van der Waals surface area contributed by atoms with Crippen molar-refractivity contribution in [2.24, 2.45) is 0 Å². The van der Waals surface area contributed by atoms with Gasteiger partial charge in [0.1, 0.15) is 5.75 Å². The second kappa shape index (κ2) is 7.39. The molecule has 0 radical (unpaired) electrons. The molecule has 0 unspecified atom stereocenters. The summed E-state index contributed by atoms with van der Waals surface area (Å²) < 4.78 is 5.56. The van der Waals surface area contributed by atoms with Crippen LogP contribution in [0.5, 0.6) is 5.75 Å². The Morgan fingerprint density at radius 1 is 1.08 bits per heavy atom. The minimum Gasteiger partial charge on any atom is -0.492 e. The van der Waals surface area contributed by atoms with E-state index in [1.807, 2.05) is 37.3 Å². The maximum Gasteiger partial charge on any atom is 0.239 e. The van der Waals surface area contributed by atoms with E-state index in [1.165, 1.54) is 5.56 Å². The number of amides is 1. The monoisotopic (exact) mass is 324 g/mol. The molecule has 2 N–H and O–H groups in total. The van der Waals surface area contributed by atoms with Crippen LogP contribution in [0.3, 0.4) is 0 Å². The quantitative estimate of drug-likeness (QED) is 0.783. The zero-order chi connectivity index (χ0) is 16.8. The number of anilines is 1. The van der Waals surface area contributed by atoms with Crippen molar-refractivity contribution in [3.05, 3.63) is 60.2 Å². The van der Waals surface area contributed by atoms with Crippen LogP contribution in [-0.2, 0) is 10.2 Å². The Bertz CT molecular complexity index is 681. The summed E-state index contributed by atoms with van der Waals surface area (Å²) in [4.78, 5) is 12.2. The van der Waals surface area contributed by atoms with Crippen molar-refractivity contribution >= 4 is 11.6 Å². The smallest absolute Gasteiger partial charge is 0.239 e. The summed E-state index contributed by atoms with van der Waals surface area (Å²) in [6.07, 6.45) is 2.27. The van der Waals surface area contributed by atoms with Crippen molar-refractivity contribution in [3.63, 3.8) is 0 Å². The lowest BCUT2D eigenvalue weighted by Crippen LogP contribution is -2.36. The molecule has 1 amide bonds. The molecule has 0 atom stereocenters. The Morgan fingerprint density at radius 3 is 2.50 bits per heavy atom. The molecule has 2 aromatic rings. The van der Waals surface area contributed by atoms with Crippen LogP contribution in [0.15, 0.2) is 54.6 Å². The molecule has 126 valence electrons. The number of nitrogens with one attached hydrogen (secondary N) is 2. The normalized spacial score (nSPS) is 14.7. The number of hydrogen-bond acceptors (Lipinski definition) is 3. The molecule has 2 aromatic carbocycles. The first kappa shape index (κ1) is 16.4. The van der Waals surface area contributed by atoms with E-state index < -0.39 is 0 Å². The summed E-state index contributed by atoms with van der Waals surface area (Å²) in [7, 11) is 0. The highest BCUT2D eigenvalue weighted by molar-refractivity contribution is 5.81. The average Bonchev–Trinajstić information content (AvgIpc) is 3.41. The Kier molecular flexibility index (Phi) is 5.04. The number of para-hydroxylation sites is 2. The third kappa shape index (κ3) is 3.88. The molecule has 1 aliphatic rings. The zero-order valence-corrected chi connectivity index (χ0v) is 14.0. The fourth-order valence-corrected chi connectivity index (χ4v) is 2.91. The molecule has 0 aliphatic heterocycles. The van der Waals surface area contributed by atoms with Crippen LogP contribution in [0.25, 0.3) is 0 Å². The molecule has 1 saturated carbocycles. The molecule has 1 aliphatic carbocycles. The van der Waals surface area contributed by atoms with Gasteiger partial charge in [0.2, 0.25) is 5.91 Å². The van der Waals surface area contributed by atoms with E-state index in [0.29, 0.717) is 13.2 Å². The van der Waals surface area contributed by atoms with Crippen molar-refractivity contribution in [1.82, 2.24) is 5.32 Å². The molecule has 24 heavy (non-hydrogen) atoms. The molecule has 0 saturated heterocycles. The van der Waals surface area contributed by atoms with E-state index in [4.69, 9.17) is 4.74 Å². The second-order valence-electron chi connectivity index (χ2n) is 6.21. The van der Waals surface area contributed by atoms with Crippen LogP contribution in [0.1, 0.15) is 25.3 Å². The first-order chi connectivity index (χ1) is 11.7. The second-order valence-corrected chi connectivity index (χ2v) is 6.21. The lowest BCUT2D eigenvalue weighted by molar-refractivity contribution is -0.119. The van der Waals surface area contributed by atoms with Gasteiger partial charge >= 0.3 is 0 Å². The van der Waals surface area contributed by atoms with E-state index in [9.17, 15) is 4.79 Å². The SMILES string of the molecule is CCOc1ccccc1NCC(=O)NCC1(c2ccccc2)CC1. The number of ether oxygens (including phenoxy) is 1. The Hall–Kier alpha value is -2.49. The lowest BCUT2D eigenvalue weighted by Gasteiger charge is -2.17. The fourth-order valence-electron chi connectivity index (χ4n) is 2.91. The highest BCUT2D eigenvalue weighted by Gasteiger charge is 2.44. The minimum atomic E-state index is 0.00325. The van der Waals surface area contributed by atoms with E-state index in [1.54, 1.807) is 0 Å². The standard InChI is InChI=1S/C20H24N2O2/c1-2-24-18-11-7-6-10-17(18)21-14-19(23)22-15-20(12-13-20)16-8-4-3-5-9-16/h3-11,21H,2,12-15H2,1H3,(H,22,23). The van der Waals surface area contributed by atoms with Crippen LogP contribution < -0.4 is 15.4 Å². The van der Waals surface area contributed by atoms with Crippen molar-refractivity contribution in [3.8, 4) is 5.75 Å². The minimum absolute atomic E-state index is 0.00325. The highest BCUT2D eigenvalue weighted by Crippen LogP contribution is 2.47. The predicted molar refractivity (Wildman–Crippen MR) is 96.5 cm³/mol. The lowest BCUT2D eigenvalue weighted by atomic mass is 9.96. The largest absolute Gasteiger partial charge is 0.492 e. The van der Waals surface area contributed by atoms with Crippen LogP contribution in [0.4, 0.5) is 5.69 Å². The average molecular weight is 324 g/mol. The van der Waals surface area contributed by atoms with Crippen LogP contribution in [0, 0.1) is 0 Å². The summed E-state index contributed by atoms with van der Waals surface area (Å²) in [5.41, 5.74) is 2.30. The van der Waals surface area contributed by atoms with Gasteiger partial charge in [-0.2, -0.15) is 0 Å². The van der Waals surface area contributed by atoms with Gasteiger partial charge in [-0.1, -0.05) is 42.5 Å². The van der Waals surface area contributed by atoms with Crippen molar-refractivity contribution in [2.45, 2.75) is 25.2 Å². The fraction of sp³-hybridized carbons (Fsp3) is 0.350. The van der Waals surface area contributed by atoms with Gasteiger partial charge in [-0.05, 0) is 37.5 Å². The molecule has 0 bridgehead atoms. The molecule has 4 heteroatoms. The molecule has 4 nitrogen and oxygen atoms in total.